The van der Waals surface area contributed by atoms with Crippen molar-refractivity contribution in [1.82, 2.24) is 0 Å². The first-order chi connectivity index (χ1) is 12.7. The van der Waals surface area contributed by atoms with Gasteiger partial charge in [-0.3, -0.25) is 9.59 Å². The summed E-state index contributed by atoms with van der Waals surface area (Å²) in [6.07, 6.45) is 3.10. The van der Waals surface area contributed by atoms with Gasteiger partial charge < -0.3 is 18.9 Å². The molecule has 0 saturated heterocycles. The van der Waals surface area contributed by atoms with Gasteiger partial charge in [0.05, 0.1) is 4.91 Å². The molecule has 0 saturated carbocycles. The van der Waals surface area contributed by atoms with E-state index >= 15 is 0 Å². The fourth-order valence-electron chi connectivity index (χ4n) is 2.65. The molecule has 2 aliphatic heterocycles. The maximum atomic E-state index is 12.7. The second-order valence-electron chi connectivity index (χ2n) is 5.54. The highest BCUT2D eigenvalue weighted by atomic mass is 32.2. The number of benzene rings is 2. The molecule has 0 spiro atoms. The van der Waals surface area contributed by atoms with Crippen molar-refractivity contribution in [3.8, 4) is 23.0 Å². The van der Waals surface area contributed by atoms with Crippen LogP contribution in [0.4, 0.5) is 0 Å². The molecule has 132 valence electrons. The van der Waals surface area contributed by atoms with E-state index in [-0.39, 0.29) is 25.2 Å². The summed E-state index contributed by atoms with van der Waals surface area (Å²) in [5, 5.41) is 0. The third kappa shape index (κ3) is 3.01. The van der Waals surface area contributed by atoms with Crippen LogP contribution >= 0.6 is 11.8 Å². The van der Waals surface area contributed by atoms with Gasteiger partial charge in [0, 0.05) is 17.2 Å². The molecule has 0 N–H and O–H groups in total. The molecule has 0 atom stereocenters. The van der Waals surface area contributed by atoms with Crippen LogP contribution in [-0.2, 0) is 0 Å². The van der Waals surface area contributed by atoms with Crippen LogP contribution in [0.3, 0.4) is 0 Å². The molecular formula is C19H14O6S. The Morgan fingerprint density at radius 3 is 2.00 bits per heavy atom. The third-order valence-electron chi connectivity index (χ3n) is 4.00. The molecule has 0 unspecified atom stereocenters. The summed E-state index contributed by atoms with van der Waals surface area (Å²) in [5.41, 5.74) is 0.868. The standard InChI is InChI=1S/C19H14O6S/c1-26-18(19(21)12-3-5-15-17(7-12)25-10-23-15)8-13(20)11-2-4-14-16(6-11)24-9-22-14/h2-8H,9-10H2,1H3/b18-8+. The van der Waals surface area contributed by atoms with Crippen LogP contribution in [0.2, 0.25) is 0 Å². The summed E-state index contributed by atoms with van der Waals surface area (Å²) in [4.78, 5) is 25.6. The topological polar surface area (TPSA) is 71.1 Å². The maximum Gasteiger partial charge on any atom is 0.231 e. The van der Waals surface area contributed by atoms with Gasteiger partial charge in [0.25, 0.3) is 0 Å². The summed E-state index contributed by atoms with van der Waals surface area (Å²) in [5.74, 6) is 1.74. The Kier molecular flexibility index (Phi) is 4.30. The molecule has 2 aromatic rings. The molecule has 2 heterocycles. The van der Waals surface area contributed by atoms with Crippen LogP contribution < -0.4 is 18.9 Å². The van der Waals surface area contributed by atoms with Gasteiger partial charge in [-0.2, -0.15) is 0 Å². The average Bonchev–Trinajstić information content (AvgIpc) is 3.32. The molecule has 2 aliphatic rings. The molecule has 0 fully saturated rings. The van der Waals surface area contributed by atoms with E-state index in [1.807, 2.05) is 0 Å². The number of carbonyl (C=O) groups is 2. The lowest BCUT2D eigenvalue weighted by Gasteiger charge is -2.05. The number of ketones is 2. The number of fused-ring (bicyclic) bond motifs is 2. The van der Waals surface area contributed by atoms with E-state index < -0.39 is 0 Å². The zero-order chi connectivity index (χ0) is 18.1. The highest BCUT2D eigenvalue weighted by Gasteiger charge is 2.20. The van der Waals surface area contributed by atoms with E-state index in [0.717, 1.165) is 0 Å². The van der Waals surface area contributed by atoms with Crippen LogP contribution in [0.15, 0.2) is 47.4 Å². The maximum absolute atomic E-state index is 12.7. The van der Waals surface area contributed by atoms with Crippen molar-refractivity contribution in [2.45, 2.75) is 0 Å². The van der Waals surface area contributed by atoms with Gasteiger partial charge in [-0.15, -0.1) is 11.8 Å². The number of ether oxygens (including phenoxy) is 4. The van der Waals surface area contributed by atoms with E-state index in [1.165, 1.54) is 17.8 Å². The molecule has 6 nitrogen and oxygen atoms in total. The number of hydrogen-bond acceptors (Lipinski definition) is 7. The molecule has 0 bridgehead atoms. The van der Waals surface area contributed by atoms with Crippen molar-refractivity contribution in [2.24, 2.45) is 0 Å². The normalized spacial score (nSPS) is 14.4. The van der Waals surface area contributed by atoms with E-state index in [4.69, 9.17) is 18.9 Å². The van der Waals surface area contributed by atoms with Gasteiger partial charge in [0.1, 0.15) is 0 Å². The highest BCUT2D eigenvalue weighted by Crippen LogP contribution is 2.35. The SMILES string of the molecule is CS/C(=C/C(=O)c1ccc2c(c1)OCO2)C(=O)c1ccc2c(c1)OCO2. The zero-order valence-electron chi connectivity index (χ0n) is 13.8. The fourth-order valence-corrected chi connectivity index (χ4v) is 3.18. The number of thioether (sulfide) groups is 1. The van der Waals surface area contributed by atoms with Crippen molar-refractivity contribution in [2.75, 3.05) is 19.8 Å². The van der Waals surface area contributed by atoms with Crippen molar-refractivity contribution in [1.29, 1.82) is 0 Å². The van der Waals surface area contributed by atoms with Crippen LogP contribution in [0.25, 0.3) is 0 Å². The first-order valence-electron chi connectivity index (χ1n) is 7.80. The van der Waals surface area contributed by atoms with E-state index in [9.17, 15) is 9.59 Å². The zero-order valence-corrected chi connectivity index (χ0v) is 14.6. The van der Waals surface area contributed by atoms with Crippen molar-refractivity contribution >= 4 is 23.3 Å². The van der Waals surface area contributed by atoms with Crippen molar-refractivity contribution < 1.29 is 28.5 Å². The third-order valence-corrected chi connectivity index (χ3v) is 4.74. The first-order valence-corrected chi connectivity index (χ1v) is 9.02. The van der Waals surface area contributed by atoms with Gasteiger partial charge in [0.15, 0.2) is 34.6 Å². The van der Waals surface area contributed by atoms with Crippen molar-refractivity contribution in [3.63, 3.8) is 0 Å². The second kappa shape index (κ2) is 6.76. The Morgan fingerprint density at radius 1 is 0.846 bits per heavy atom. The Labute approximate surface area is 153 Å². The monoisotopic (exact) mass is 370 g/mol. The fraction of sp³-hybridized carbons (Fsp3) is 0.158. The molecule has 0 radical (unpaired) electrons. The lowest BCUT2D eigenvalue weighted by Crippen LogP contribution is -2.04. The van der Waals surface area contributed by atoms with E-state index in [0.29, 0.717) is 39.0 Å². The Balaban J connectivity index is 1.59. The summed E-state index contributed by atoms with van der Waals surface area (Å²) in [6, 6.07) is 9.92. The summed E-state index contributed by atoms with van der Waals surface area (Å²) >= 11 is 1.22. The van der Waals surface area contributed by atoms with Gasteiger partial charge in [-0.1, -0.05) is 0 Å². The van der Waals surface area contributed by atoms with Gasteiger partial charge in [0.2, 0.25) is 13.6 Å². The minimum absolute atomic E-state index is 0.140. The lowest BCUT2D eigenvalue weighted by molar-refractivity contribution is 0.101. The smallest absolute Gasteiger partial charge is 0.231 e. The molecule has 0 amide bonds. The minimum atomic E-state index is -0.276. The quantitative estimate of drug-likeness (QED) is 0.590. The van der Waals surface area contributed by atoms with Gasteiger partial charge in [-0.05, 0) is 42.7 Å². The average molecular weight is 370 g/mol. The second-order valence-corrected chi connectivity index (χ2v) is 6.39. The van der Waals surface area contributed by atoms with Crippen LogP contribution in [0, 0.1) is 0 Å². The number of Topliss-reactive ketones (excluding diaryl/α,β-unsaturated/α-hetero) is 1. The summed E-state index contributed by atoms with van der Waals surface area (Å²) in [6.45, 7) is 0.280. The van der Waals surface area contributed by atoms with Crippen LogP contribution in [0.1, 0.15) is 20.7 Å². The van der Waals surface area contributed by atoms with E-state index in [1.54, 1.807) is 42.7 Å². The van der Waals surface area contributed by atoms with Crippen LogP contribution in [0.5, 0.6) is 23.0 Å². The largest absolute Gasteiger partial charge is 0.454 e. The number of carbonyl (C=O) groups excluding carboxylic acids is 2. The van der Waals surface area contributed by atoms with Gasteiger partial charge in [-0.25, -0.2) is 0 Å². The number of allylic oxidation sites excluding steroid dienone is 2. The number of hydrogen-bond donors (Lipinski definition) is 0. The predicted octanol–water partition coefficient (Wildman–Crippen LogP) is 3.46. The molecule has 4 rings (SSSR count). The minimum Gasteiger partial charge on any atom is -0.454 e. The molecule has 2 aromatic carbocycles. The molecule has 26 heavy (non-hydrogen) atoms. The summed E-state index contributed by atoms with van der Waals surface area (Å²) < 4.78 is 21.1. The Bertz CT molecular complexity index is 934. The Morgan fingerprint density at radius 2 is 1.38 bits per heavy atom. The first kappa shape index (κ1) is 16.5. The lowest BCUT2D eigenvalue weighted by atomic mass is 10.1. The Hall–Kier alpha value is -2.93. The molecule has 7 heteroatoms. The molecule has 0 aliphatic carbocycles. The van der Waals surface area contributed by atoms with E-state index in [2.05, 4.69) is 0 Å². The molecule has 0 aromatic heterocycles. The van der Waals surface area contributed by atoms with Gasteiger partial charge >= 0.3 is 0 Å². The molecular weight excluding hydrogens is 356 g/mol. The van der Waals surface area contributed by atoms with Crippen LogP contribution in [-0.4, -0.2) is 31.4 Å². The number of rotatable bonds is 5. The predicted molar refractivity (Wildman–Crippen MR) is 95.4 cm³/mol. The summed E-state index contributed by atoms with van der Waals surface area (Å²) in [7, 11) is 0. The highest BCUT2D eigenvalue weighted by molar-refractivity contribution is 8.03. The van der Waals surface area contributed by atoms with Crippen molar-refractivity contribution in [3.05, 3.63) is 58.5 Å².